The molecule has 0 bridgehead atoms. The molecule has 124 valence electrons. The Bertz CT molecular complexity index is 842. The minimum Gasteiger partial charge on any atom is -0.338 e. The van der Waals surface area contributed by atoms with Gasteiger partial charge in [-0.25, -0.2) is 9.78 Å². The number of carbonyl (C=O) groups is 1. The molecule has 2 aromatic heterocycles. The molecular weight excluding hydrogens is 368 g/mol. The van der Waals surface area contributed by atoms with Gasteiger partial charge in [0.25, 0.3) is 0 Å². The quantitative estimate of drug-likeness (QED) is 0.690. The number of urea groups is 1. The van der Waals surface area contributed by atoms with Crippen LogP contribution in [0.3, 0.4) is 0 Å². The summed E-state index contributed by atoms with van der Waals surface area (Å²) < 4.78 is 3.11. The smallest absolute Gasteiger partial charge is 0.319 e. The number of carbonyl (C=O) groups excluding carboxylic acids is 1. The Morgan fingerprint density at radius 3 is 2.79 bits per heavy atom. The van der Waals surface area contributed by atoms with E-state index in [0.717, 1.165) is 34.2 Å². The van der Waals surface area contributed by atoms with Crippen LogP contribution in [0, 0.1) is 0 Å². The lowest BCUT2D eigenvalue weighted by atomic mass is 10.1. The number of rotatable bonds is 5. The highest BCUT2D eigenvalue weighted by Crippen LogP contribution is 2.19. The van der Waals surface area contributed by atoms with Gasteiger partial charge in [-0.2, -0.15) is 0 Å². The van der Waals surface area contributed by atoms with Gasteiger partial charge in [0.15, 0.2) is 0 Å². The van der Waals surface area contributed by atoms with Crippen molar-refractivity contribution in [3.05, 3.63) is 58.8 Å². The zero-order valence-electron chi connectivity index (χ0n) is 13.4. The molecule has 24 heavy (non-hydrogen) atoms. The van der Waals surface area contributed by atoms with Crippen molar-refractivity contribution in [3.8, 4) is 0 Å². The molecule has 0 aliphatic rings. The molecule has 3 aromatic rings. The van der Waals surface area contributed by atoms with Gasteiger partial charge in [0.05, 0.1) is 0 Å². The predicted molar refractivity (Wildman–Crippen MR) is 100 cm³/mol. The van der Waals surface area contributed by atoms with Gasteiger partial charge in [-0.3, -0.25) is 0 Å². The Kier molecular flexibility index (Phi) is 5.15. The molecule has 0 saturated carbocycles. The normalized spacial score (nSPS) is 10.8. The molecule has 0 saturated heterocycles. The molecule has 2 heterocycles. The first-order chi connectivity index (χ1) is 11.7. The summed E-state index contributed by atoms with van der Waals surface area (Å²) >= 11 is 3.37. The van der Waals surface area contributed by atoms with Crippen LogP contribution in [0.5, 0.6) is 0 Å². The second-order valence-corrected chi connectivity index (χ2v) is 6.37. The largest absolute Gasteiger partial charge is 0.338 e. The molecule has 0 fully saturated rings. The van der Waals surface area contributed by atoms with Crippen LogP contribution in [-0.4, -0.2) is 22.1 Å². The van der Waals surface area contributed by atoms with E-state index in [1.165, 1.54) is 5.56 Å². The number of nitrogens with zero attached hydrogens (tertiary/aromatic N) is 2. The number of nitrogens with one attached hydrogen (secondary N) is 2. The van der Waals surface area contributed by atoms with Crippen LogP contribution in [0.15, 0.2) is 53.3 Å². The fraction of sp³-hybridized carbons (Fsp3) is 0.222. The standard InChI is InChI=1S/C18H19BrN4O/c1-2-23-12-13(16-4-3-10-20-17(16)23)9-11-21-18(24)22-15-7-5-14(19)6-8-15/h3-8,10,12H,2,9,11H2,1H3,(H2,21,22,24). The maximum atomic E-state index is 12.0. The van der Waals surface area contributed by atoms with Gasteiger partial charge in [0.1, 0.15) is 5.65 Å². The monoisotopic (exact) mass is 386 g/mol. The molecule has 0 aliphatic carbocycles. The van der Waals surface area contributed by atoms with Gasteiger partial charge in [-0.05, 0) is 55.3 Å². The predicted octanol–water partition coefficient (Wildman–Crippen LogP) is 4.18. The highest BCUT2D eigenvalue weighted by atomic mass is 79.9. The molecule has 2 amide bonds. The van der Waals surface area contributed by atoms with Gasteiger partial charge >= 0.3 is 6.03 Å². The topological polar surface area (TPSA) is 59.0 Å². The van der Waals surface area contributed by atoms with Crippen LogP contribution in [0.25, 0.3) is 11.0 Å². The molecule has 3 rings (SSSR count). The molecule has 6 heteroatoms. The Morgan fingerprint density at radius 1 is 1.25 bits per heavy atom. The van der Waals surface area contributed by atoms with E-state index < -0.39 is 0 Å². The summed E-state index contributed by atoms with van der Waals surface area (Å²) in [6, 6.07) is 11.3. The Morgan fingerprint density at radius 2 is 2.04 bits per heavy atom. The fourth-order valence-electron chi connectivity index (χ4n) is 2.65. The number of halogens is 1. The maximum absolute atomic E-state index is 12.0. The summed E-state index contributed by atoms with van der Waals surface area (Å²) in [5.41, 5.74) is 2.96. The number of benzene rings is 1. The average molecular weight is 387 g/mol. The molecule has 0 spiro atoms. The second-order valence-electron chi connectivity index (χ2n) is 5.45. The van der Waals surface area contributed by atoms with E-state index in [0.29, 0.717) is 6.54 Å². The molecule has 0 atom stereocenters. The maximum Gasteiger partial charge on any atom is 0.319 e. The highest BCUT2D eigenvalue weighted by Gasteiger charge is 2.08. The Hall–Kier alpha value is -2.34. The minimum atomic E-state index is -0.199. The molecule has 2 N–H and O–H groups in total. The Balaban J connectivity index is 1.58. The third kappa shape index (κ3) is 3.76. The minimum absolute atomic E-state index is 0.199. The fourth-order valence-corrected chi connectivity index (χ4v) is 2.92. The van der Waals surface area contributed by atoms with E-state index in [9.17, 15) is 4.79 Å². The number of amides is 2. The van der Waals surface area contributed by atoms with Gasteiger partial charge in [-0.15, -0.1) is 0 Å². The number of hydrogen-bond donors (Lipinski definition) is 2. The molecule has 0 aliphatic heterocycles. The summed E-state index contributed by atoms with van der Waals surface area (Å²) in [4.78, 5) is 16.4. The van der Waals surface area contributed by atoms with Crippen LogP contribution in [-0.2, 0) is 13.0 Å². The number of fused-ring (bicyclic) bond motifs is 1. The first kappa shape index (κ1) is 16.5. The lowest BCUT2D eigenvalue weighted by Crippen LogP contribution is -2.30. The molecule has 0 radical (unpaired) electrons. The lowest BCUT2D eigenvalue weighted by molar-refractivity contribution is 0.252. The lowest BCUT2D eigenvalue weighted by Gasteiger charge is -2.07. The summed E-state index contributed by atoms with van der Waals surface area (Å²) in [5.74, 6) is 0. The number of anilines is 1. The second kappa shape index (κ2) is 7.49. The molecule has 1 aromatic carbocycles. The molecular formula is C18H19BrN4O. The van der Waals surface area contributed by atoms with Crippen molar-refractivity contribution in [2.24, 2.45) is 0 Å². The summed E-state index contributed by atoms with van der Waals surface area (Å²) in [6.07, 6.45) is 4.69. The zero-order valence-corrected chi connectivity index (χ0v) is 15.0. The third-order valence-corrected chi connectivity index (χ3v) is 4.37. The summed E-state index contributed by atoms with van der Waals surface area (Å²) in [5, 5.41) is 6.86. The first-order valence-corrected chi connectivity index (χ1v) is 8.70. The third-order valence-electron chi connectivity index (χ3n) is 3.84. The van der Waals surface area contributed by atoms with Crippen molar-refractivity contribution in [1.29, 1.82) is 0 Å². The van der Waals surface area contributed by atoms with E-state index >= 15 is 0 Å². The van der Waals surface area contributed by atoms with Crippen molar-refractivity contribution < 1.29 is 4.79 Å². The van der Waals surface area contributed by atoms with Gasteiger partial charge in [0, 0.05) is 41.0 Å². The Labute approximate surface area is 149 Å². The number of aromatic nitrogens is 2. The van der Waals surface area contributed by atoms with Crippen LogP contribution in [0.1, 0.15) is 12.5 Å². The molecule has 5 nitrogen and oxygen atoms in total. The summed E-state index contributed by atoms with van der Waals surface area (Å²) in [6.45, 7) is 3.55. The van der Waals surface area contributed by atoms with Crippen LogP contribution in [0.4, 0.5) is 10.5 Å². The van der Waals surface area contributed by atoms with Crippen LogP contribution >= 0.6 is 15.9 Å². The van der Waals surface area contributed by atoms with E-state index in [4.69, 9.17) is 0 Å². The van der Waals surface area contributed by atoms with E-state index in [1.54, 1.807) is 0 Å². The highest BCUT2D eigenvalue weighted by molar-refractivity contribution is 9.10. The zero-order chi connectivity index (χ0) is 16.9. The number of hydrogen-bond acceptors (Lipinski definition) is 2. The number of aryl methyl sites for hydroxylation is 1. The van der Waals surface area contributed by atoms with E-state index in [2.05, 4.69) is 55.3 Å². The van der Waals surface area contributed by atoms with Crippen LogP contribution in [0.2, 0.25) is 0 Å². The van der Waals surface area contributed by atoms with E-state index in [1.807, 2.05) is 36.5 Å². The van der Waals surface area contributed by atoms with Crippen molar-refractivity contribution in [1.82, 2.24) is 14.9 Å². The van der Waals surface area contributed by atoms with Gasteiger partial charge in [0.2, 0.25) is 0 Å². The SMILES string of the molecule is CCn1cc(CCNC(=O)Nc2ccc(Br)cc2)c2cccnc21. The van der Waals surface area contributed by atoms with Crippen molar-refractivity contribution in [3.63, 3.8) is 0 Å². The summed E-state index contributed by atoms with van der Waals surface area (Å²) in [7, 11) is 0. The first-order valence-electron chi connectivity index (χ1n) is 7.90. The van der Waals surface area contributed by atoms with Crippen molar-refractivity contribution in [2.45, 2.75) is 19.9 Å². The van der Waals surface area contributed by atoms with Gasteiger partial charge < -0.3 is 15.2 Å². The van der Waals surface area contributed by atoms with Gasteiger partial charge in [-0.1, -0.05) is 15.9 Å². The van der Waals surface area contributed by atoms with Crippen molar-refractivity contribution in [2.75, 3.05) is 11.9 Å². The number of pyridine rings is 1. The average Bonchev–Trinajstić information content (AvgIpc) is 2.95. The van der Waals surface area contributed by atoms with Crippen molar-refractivity contribution >= 4 is 38.7 Å². The molecule has 0 unspecified atom stereocenters. The van der Waals surface area contributed by atoms with Crippen LogP contribution < -0.4 is 10.6 Å². The van der Waals surface area contributed by atoms with E-state index in [-0.39, 0.29) is 6.03 Å².